The Morgan fingerprint density at radius 1 is 1.04 bits per heavy atom. The van der Waals surface area contributed by atoms with Crippen molar-refractivity contribution in [2.75, 3.05) is 16.8 Å². The number of amides is 2. The summed E-state index contributed by atoms with van der Waals surface area (Å²) in [5.74, 6) is 0.533. The average molecular weight is 332 g/mol. The highest BCUT2D eigenvalue weighted by atomic mass is 16.2. The fraction of sp³-hybridized carbons (Fsp3) is 0.200. The second-order valence-corrected chi connectivity index (χ2v) is 6.20. The molecule has 5 nitrogen and oxygen atoms in total. The molecule has 1 aliphatic heterocycles. The van der Waals surface area contributed by atoms with E-state index in [1.165, 1.54) is 5.56 Å². The van der Waals surface area contributed by atoms with Gasteiger partial charge in [-0.3, -0.25) is 15.3 Å². The number of nitrogens with one attached hydrogen (secondary N) is 2. The molecule has 4 rings (SSSR count). The molecule has 0 saturated carbocycles. The SMILES string of the molecule is O=C(Nc1cc(-c2ccccc2)[nH]n1)N1CCCCc2ccccc21. The molecule has 3 aromatic rings. The van der Waals surface area contributed by atoms with Gasteiger partial charge < -0.3 is 0 Å². The molecule has 0 atom stereocenters. The second-order valence-electron chi connectivity index (χ2n) is 6.20. The van der Waals surface area contributed by atoms with Crippen molar-refractivity contribution >= 4 is 17.5 Å². The van der Waals surface area contributed by atoms with Gasteiger partial charge in [-0.2, -0.15) is 5.10 Å². The van der Waals surface area contributed by atoms with Gasteiger partial charge >= 0.3 is 6.03 Å². The summed E-state index contributed by atoms with van der Waals surface area (Å²) in [5.41, 5.74) is 4.14. The molecule has 2 amide bonds. The predicted molar refractivity (Wildman–Crippen MR) is 99.8 cm³/mol. The van der Waals surface area contributed by atoms with E-state index in [-0.39, 0.29) is 6.03 Å². The molecule has 0 spiro atoms. The number of fused-ring (bicyclic) bond motifs is 1. The van der Waals surface area contributed by atoms with Gasteiger partial charge in [0.1, 0.15) is 0 Å². The molecule has 25 heavy (non-hydrogen) atoms. The Balaban J connectivity index is 1.54. The van der Waals surface area contributed by atoms with E-state index in [0.717, 1.165) is 42.8 Å². The van der Waals surface area contributed by atoms with Crippen molar-refractivity contribution in [1.29, 1.82) is 0 Å². The molecule has 1 aromatic heterocycles. The number of hydrogen-bond acceptors (Lipinski definition) is 2. The summed E-state index contributed by atoms with van der Waals surface area (Å²) >= 11 is 0. The van der Waals surface area contributed by atoms with Crippen molar-refractivity contribution in [1.82, 2.24) is 10.2 Å². The molecule has 126 valence electrons. The maximum atomic E-state index is 12.8. The van der Waals surface area contributed by atoms with Crippen LogP contribution in [0.1, 0.15) is 18.4 Å². The lowest BCUT2D eigenvalue weighted by Crippen LogP contribution is -2.35. The van der Waals surface area contributed by atoms with E-state index in [0.29, 0.717) is 5.82 Å². The third kappa shape index (κ3) is 3.26. The Hall–Kier alpha value is -3.08. The first-order chi connectivity index (χ1) is 12.3. The Labute approximate surface area is 146 Å². The molecule has 2 aromatic carbocycles. The molecule has 0 bridgehead atoms. The third-order valence-corrected chi connectivity index (χ3v) is 4.50. The van der Waals surface area contributed by atoms with Crippen LogP contribution in [0, 0.1) is 0 Å². The van der Waals surface area contributed by atoms with Crippen molar-refractivity contribution in [3.63, 3.8) is 0 Å². The molecule has 0 aliphatic carbocycles. The molecular formula is C20H20N4O. The highest BCUT2D eigenvalue weighted by molar-refractivity contribution is 6.02. The van der Waals surface area contributed by atoms with Gasteiger partial charge in [0.2, 0.25) is 0 Å². The molecule has 0 saturated heterocycles. The molecule has 2 heterocycles. The smallest absolute Gasteiger partial charge is 0.294 e. The topological polar surface area (TPSA) is 61.0 Å². The number of aromatic amines is 1. The Morgan fingerprint density at radius 2 is 1.84 bits per heavy atom. The minimum Gasteiger partial charge on any atom is -0.294 e. The van der Waals surface area contributed by atoms with E-state index in [1.807, 2.05) is 59.5 Å². The number of anilines is 2. The lowest BCUT2D eigenvalue weighted by atomic mass is 10.1. The van der Waals surface area contributed by atoms with Crippen LogP contribution >= 0.6 is 0 Å². The van der Waals surface area contributed by atoms with Crippen LogP contribution < -0.4 is 10.2 Å². The van der Waals surface area contributed by atoms with Crippen molar-refractivity contribution in [2.24, 2.45) is 0 Å². The Bertz CT molecular complexity index is 872. The maximum Gasteiger partial charge on any atom is 0.327 e. The second kappa shape index (κ2) is 6.81. The summed E-state index contributed by atoms with van der Waals surface area (Å²) in [6.45, 7) is 0.721. The van der Waals surface area contributed by atoms with Crippen molar-refractivity contribution < 1.29 is 4.79 Å². The lowest BCUT2D eigenvalue weighted by Gasteiger charge is -2.22. The minimum atomic E-state index is -0.138. The van der Waals surface area contributed by atoms with Crippen molar-refractivity contribution in [2.45, 2.75) is 19.3 Å². The number of benzene rings is 2. The zero-order chi connectivity index (χ0) is 17.1. The molecule has 5 heteroatoms. The molecule has 1 aliphatic rings. The summed E-state index contributed by atoms with van der Waals surface area (Å²) < 4.78 is 0. The summed E-state index contributed by atoms with van der Waals surface area (Å²) in [6.07, 6.45) is 3.11. The molecular weight excluding hydrogens is 312 g/mol. The zero-order valence-electron chi connectivity index (χ0n) is 13.9. The van der Waals surface area contributed by atoms with Gasteiger partial charge in [0.25, 0.3) is 0 Å². The monoisotopic (exact) mass is 332 g/mol. The normalized spacial score (nSPS) is 13.8. The summed E-state index contributed by atoms with van der Waals surface area (Å²) in [6, 6.07) is 19.8. The number of carbonyl (C=O) groups excluding carboxylic acids is 1. The van der Waals surface area contributed by atoms with Crippen molar-refractivity contribution in [3.05, 3.63) is 66.2 Å². The van der Waals surface area contributed by atoms with Gasteiger partial charge in [-0.25, -0.2) is 4.79 Å². The van der Waals surface area contributed by atoms with E-state index in [1.54, 1.807) is 0 Å². The molecule has 0 unspecified atom stereocenters. The number of nitrogens with zero attached hydrogens (tertiary/aromatic N) is 2. The first-order valence-corrected chi connectivity index (χ1v) is 8.58. The number of rotatable bonds is 2. The van der Waals surface area contributed by atoms with E-state index in [9.17, 15) is 4.79 Å². The molecule has 2 N–H and O–H groups in total. The van der Waals surface area contributed by atoms with E-state index >= 15 is 0 Å². The van der Waals surface area contributed by atoms with Gasteiger partial charge in [-0.15, -0.1) is 0 Å². The average Bonchev–Trinajstić information content (AvgIpc) is 3.00. The number of hydrogen-bond donors (Lipinski definition) is 2. The fourth-order valence-corrected chi connectivity index (χ4v) is 3.23. The predicted octanol–water partition coefficient (Wildman–Crippen LogP) is 4.45. The lowest BCUT2D eigenvalue weighted by molar-refractivity contribution is 0.257. The van der Waals surface area contributed by atoms with Crippen LogP contribution in [0.4, 0.5) is 16.3 Å². The van der Waals surface area contributed by atoms with Gasteiger partial charge in [0.15, 0.2) is 5.82 Å². The summed E-state index contributed by atoms with van der Waals surface area (Å²) in [4.78, 5) is 14.6. The maximum absolute atomic E-state index is 12.8. The minimum absolute atomic E-state index is 0.138. The van der Waals surface area contributed by atoms with E-state index in [2.05, 4.69) is 21.6 Å². The van der Waals surface area contributed by atoms with Crippen LogP contribution in [0.3, 0.4) is 0 Å². The van der Waals surface area contributed by atoms with Crippen LogP contribution in [-0.2, 0) is 6.42 Å². The van der Waals surface area contributed by atoms with E-state index in [4.69, 9.17) is 0 Å². The van der Waals surface area contributed by atoms with Gasteiger partial charge in [-0.1, -0.05) is 48.5 Å². The van der Waals surface area contributed by atoms with E-state index < -0.39 is 0 Å². The van der Waals surface area contributed by atoms with Crippen LogP contribution in [0.25, 0.3) is 11.3 Å². The first-order valence-electron chi connectivity index (χ1n) is 8.58. The summed E-state index contributed by atoms with van der Waals surface area (Å²) in [5, 5.41) is 10.1. The van der Waals surface area contributed by atoms with Gasteiger partial charge in [0, 0.05) is 18.3 Å². The van der Waals surface area contributed by atoms with Crippen LogP contribution in [0.2, 0.25) is 0 Å². The van der Waals surface area contributed by atoms with Crippen molar-refractivity contribution in [3.8, 4) is 11.3 Å². The number of aromatic nitrogens is 2. The van der Waals surface area contributed by atoms with Gasteiger partial charge in [-0.05, 0) is 36.5 Å². The van der Waals surface area contributed by atoms with Gasteiger partial charge in [0.05, 0.1) is 5.69 Å². The van der Waals surface area contributed by atoms with Crippen LogP contribution in [0.5, 0.6) is 0 Å². The zero-order valence-corrected chi connectivity index (χ0v) is 13.9. The number of aryl methyl sites for hydroxylation is 1. The highest BCUT2D eigenvalue weighted by Gasteiger charge is 2.21. The first kappa shape index (κ1) is 15.4. The number of para-hydroxylation sites is 1. The summed E-state index contributed by atoms with van der Waals surface area (Å²) in [7, 11) is 0. The van der Waals surface area contributed by atoms with Crippen LogP contribution in [-0.4, -0.2) is 22.8 Å². The molecule has 0 radical (unpaired) electrons. The Kier molecular flexibility index (Phi) is 4.21. The third-order valence-electron chi connectivity index (χ3n) is 4.50. The quantitative estimate of drug-likeness (QED) is 0.728. The molecule has 0 fully saturated rings. The number of H-pyrrole nitrogens is 1. The fourth-order valence-electron chi connectivity index (χ4n) is 3.23. The number of carbonyl (C=O) groups is 1. The standard InChI is InChI=1S/C20H20N4O/c25-20(24-13-7-6-11-16-10-4-5-12-18(16)24)21-19-14-17(22-23-19)15-8-2-1-3-9-15/h1-5,8-10,12,14H,6-7,11,13H2,(H2,21,22,23,25). The Morgan fingerprint density at radius 3 is 2.72 bits per heavy atom. The van der Waals surface area contributed by atoms with Crippen LogP contribution in [0.15, 0.2) is 60.7 Å². The number of urea groups is 1. The highest BCUT2D eigenvalue weighted by Crippen LogP contribution is 2.27. The largest absolute Gasteiger partial charge is 0.327 e.